The predicted molar refractivity (Wildman–Crippen MR) is 94.2 cm³/mol. The van der Waals surface area contributed by atoms with Gasteiger partial charge in [-0.05, 0) is 77.9 Å². The molecule has 0 atom stereocenters. The largest absolute Gasteiger partial charge is 0.484 e. The first-order valence-corrected chi connectivity index (χ1v) is 8.11. The van der Waals surface area contributed by atoms with Gasteiger partial charge in [0.25, 0.3) is 5.91 Å². The molecule has 0 unspecified atom stereocenters. The van der Waals surface area contributed by atoms with E-state index in [1.165, 1.54) is 12.1 Å². The van der Waals surface area contributed by atoms with E-state index >= 15 is 0 Å². The molecule has 0 radical (unpaired) electrons. The Labute approximate surface area is 151 Å². The van der Waals surface area contributed by atoms with E-state index in [0.29, 0.717) is 9.32 Å². The van der Waals surface area contributed by atoms with E-state index in [1.54, 1.807) is 34.7 Å². The first kappa shape index (κ1) is 18.6. The standard InChI is InChI=1S/C17H15F3INO2/c1-10-5-11(2)7-13(6-10)24-9-16(23)22-15-4-3-12(21)8-14(15)17(18,19)20/h3-8H,9H2,1-2H3,(H,22,23). The van der Waals surface area contributed by atoms with Crippen LogP contribution < -0.4 is 10.1 Å². The molecule has 0 spiro atoms. The van der Waals surface area contributed by atoms with Crippen LogP contribution in [-0.4, -0.2) is 12.5 Å². The number of anilines is 1. The number of halogens is 4. The van der Waals surface area contributed by atoms with Crippen LogP contribution in [0.4, 0.5) is 18.9 Å². The number of alkyl halides is 3. The fraction of sp³-hybridized carbons (Fsp3) is 0.235. The van der Waals surface area contributed by atoms with Crippen molar-refractivity contribution in [1.29, 1.82) is 0 Å². The number of amides is 1. The van der Waals surface area contributed by atoms with Crippen molar-refractivity contribution in [3.63, 3.8) is 0 Å². The van der Waals surface area contributed by atoms with Crippen LogP contribution in [0.5, 0.6) is 5.75 Å². The SMILES string of the molecule is Cc1cc(C)cc(OCC(=O)Nc2ccc(I)cc2C(F)(F)F)c1. The predicted octanol–water partition coefficient (Wildman–Crippen LogP) is 4.94. The van der Waals surface area contributed by atoms with Crippen molar-refractivity contribution >= 4 is 34.2 Å². The lowest BCUT2D eigenvalue weighted by molar-refractivity contribution is -0.137. The molecule has 0 aromatic heterocycles. The van der Waals surface area contributed by atoms with Gasteiger partial charge in [0.15, 0.2) is 6.61 Å². The molecular formula is C17H15F3INO2. The van der Waals surface area contributed by atoms with Crippen LogP contribution in [0, 0.1) is 17.4 Å². The second kappa shape index (κ2) is 7.42. The number of benzene rings is 2. The molecule has 2 aromatic carbocycles. The fourth-order valence-electron chi connectivity index (χ4n) is 2.21. The lowest BCUT2D eigenvalue weighted by atomic mass is 10.1. The molecule has 128 valence electrons. The van der Waals surface area contributed by atoms with Crippen molar-refractivity contribution in [1.82, 2.24) is 0 Å². The van der Waals surface area contributed by atoms with Crippen LogP contribution >= 0.6 is 22.6 Å². The van der Waals surface area contributed by atoms with Gasteiger partial charge in [0.1, 0.15) is 5.75 Å². The highest BCUT2D eigenvalue weighted by Crippen LogP contribution is 2.35. The van der Waals surface area contributed by atoms with Crippen LogP contribution in [0.2, 0.25) is 0 Å². The van der Waals surface area contributed by atoms with Gasteiger partial charge < -0.3 is 10.1 Å². The van der Waals surface area contributed by atoms with Crippen molar-refractivity contribution in [2.75, 3.05) is 11.9 Å². The Morgan fingerprint density at radius 3 is 2.33 bits per heavy atom. The molecule has 24 heavy (non-hydrogen) atoms. The maximum atomic E-state index is 13.0. The molecule has 0 aliphatic rings. The van der Waals surface area contributed by atoms with Crippen LogP contribution in [0.1, 0.15) is 16.7 Å². The van der Waals surface area contributed by atoms with Gasteiger partial charge in [-0.15, -0.1) is 0 Å². The number of hydrogen-bond donors (Lipinski definition) is 1. The molecule has 2 rings (SSSR count). The van der Waals surface area contributed by atoms with Gasteiger partial charge in [0.05, 0.1) is 11.3 Å². The molecule has 0 fully saturated rings. The summed E-state index contributed by atoms with van der Waals surface area (Å²) in [5, 5.41) is 2.26. The van der Waals surface area contributed by atoms with Gasteiger partial charge in [-0.1, -0.05) is 6.07 Å². The van der Waals surface area contributed by atoms with Crippen LogP contribution in [0.15, 0.2) is 36.4 Å². The first-order chi connectivity index (χ1) is 11.1. The molecule has 2 aromatic rings. The summed E-state index contributed by atoms with van der Waals surface area (Å²) in [4.78, 5) is 11.9. The zero-order chi connectivity index (χ0) is 17.9. The van der Waals surface area contributed by atoms with Crippen molar-refractivity contribution in [3.8, 4) is 5.75 Å². The highest BCUT2D eigenvalue weighted by Gasteiger charge is 2.34. The normalized spacial score (nSPS) is 11.2. The Balaban J connectivity index is 2.07. The fourth-order valence-corrected chi connectivity index (χ4v) is 2.70. The van der Waals surface area contributed by atoms with Crippen molar-refractivity contribution < 1.29 is 22.7 Å². The summed E-state index contributed by atoms with van der Waals surface area (Å²) in [6.45, 7) is 3.41. The minimum Gasteiger partial charge on any atom is -0.484 e. The average molecular weight is 449 g/mol. The molecule has 1 N–H and O–H groups in total. The van der Waals surface area contributed by atoms with Gasteiger partial charge in [-0.25, -0.2) is 0 Å². The Bertz CT molecular complexity index is 740. The lowest BCUT2D eigenvalue weighted by Crippen LogP contribution is -2.22. The molecule has 3 nitrogen and oxygen atoms in total. The maximum Gasteiger partial charge on any atom is 0.418 e. The van der Waals surface area contributed by atoms with Gasteiger partial charge >= 0.3 is 6.18 Å². The minimum absolute atomic E-state index is 0.281. The summed E-state index contributed by atoms with van der Waals surface area (Å²) in [6.07, 6.45) is -4.54. The maximum absolute atomic E-state index is 13.0. The van der Waals surface area contributed by atoms with E-state index in [-0.39, 0.29) is 12.3 Å². The summed E-state index contributed by atoms with van der Waals surface area (Å²) >= 11 is 1.79. The number of nitrogens with one attached hydrogen (secondary N) is 1. The molecule has 1 amide bonds. The van der Waals surface area contributed by atoms with E-state index in [9.17, 15) is 18.0 Å². The van der Waals surface area contributed by atoms with Gasteiger partial charge in [0, 0.05) is 3.57 Å². The smallest absolute Gasteiger partial charge is 0.418 e. The Hall–Kier alpha value is -1.77. The Morgan fingerprint density at radius 1 is 1.12 bits per heavy atom. The molecule has 0 saturated heterocycles. The third-order valence-electron chi connectivity index (χ3n) is 3.13. The average Bonchev–Trinajstić information content (AvgIpc) is 2.45. The summed E-state index contributed by atoms with van der Waals surface area (Å²) in [6, 6.07) is 9.18. The quantitative estimate of drug-likeness (QED) is 0.672. The van der Waals surface area contributed by atoms with Gasteiger partial charge in [-0.2, -0.15) is 13.2 Å². The lowest BCUT2D eigenvalue weighted by Gasteiger charge is -2.14. The zero-order valence-electron chi connectivity index (χ0n) is 13.0. The second-order valence-electron chi connectivity index (χ2n) is 5.35. The number of carbonyl (C=O) groups excluding carboxylic acids is 1. The van der Waals surface area contributed by atoms with E-state index in [4.69, 9.17) is 4.74 Å². The van der Waals surface area contributed by atoms with E-state index in [0.717, 1.165) is 17.2 Å². The van der Waals surface area contributed by atoms with Crippen molar-refractivity contribution in [2.45, 2.75) is 20.0 Å². The molecule has 0 aliphatic heterocycles. The Morgan fingerprint density at radius 2 is 1.75 bits per heavy atom. The second-order valence-corrected chi connectivity index (χ2v) is 6.59. The number of aryl methyl sites for hydroxylation is 2. The van der Waals surface area contributed by atoms with Crippen LogP contribution in [0.3, 0.4) is 0 Å². The third-order valence-corrected chi connectivity index (χ3v) is 3.80. The highest BCUT2D eigenvalue weighted by molar-refractivity contribution is 14.1. The molecule has 0 aliphatic carbocycles. The molecule has 7 heteroatoms. The van der Waals surface area contributed by atoms with Gasteiger partial charge in [-0.3, -0.25) is 4.79 Å². The molecule has 0 bridgehead atoms. The summed E-state index contributed by atoms with van der Waals surface area (Å²) < 4.78 is 44.9. The van der Waals surface area contributed by atoms with E-state index in [1.807, 2.05) is 19.9 Å². The highest BCUT2D eigenvalue weighted by atomic mass is 127. The molecular weight excluding hydrogens is 434 g/mol. The van der Waals surface area contributed by atoms with Crippen LogP contribution in [0.25, 0.3) is 0 Å². The monoisotopic (exact) mass is 449 g/mol. The number of hydrogen-bond acceptors (Lipinski definition) is 2. The minimum atomic E-state index is -4.54. The first-order valence-electron chi connectivity index (χ1n) is 7.03. The number of ether oxygens (including phenoxy) is 1. The van der Waals surface area contributed by atoms with E-state index in [2.05, 4.69) is 5.32 Å². The Kier molecular flexibility index (Phi) is 5.74. The zero-order valence-corrected chi connectivity index (χ0v) is 15.2. The topological polar surface area (TPSA) is 38.3 Å². The summed E-state index contributed by atoms with van der Waals surface area (Å²) in [5.41, 5.74) is 0.788. The summed E-state index contributed by atoms with van der Waals surface area (Å²) in [5.74, 6) is -0.151. The number of rotatable bonds is 4. The summed E-state index contributed by atoms with van der Waals surface area (Å²) in [7, 11) is 0. The van der Waals surface area contributed by atoms with E-state index < -0.39 is 17.6 Å². The van der Waals surface area contributed by atoms with Gasteiger partial charge in [0.2, 0.25) is 0 Å². The van der Waals surface area contributed by atoms with Crippen molar-refractivity contribution in [2.24, 2.45) is 0 Å². The third kappa shape index (κ3) is 5.12. The number of carbonyl (C=O) groups is 1. The molecule has 0 heterocycles. The molecule has 0 saturated carbocycles. The van der Waals surface area contributed by atoms with Crippen LogP contribution in [-0.2, 0) is 11.0 Å². The van der Waals surface area contributed by atoms with Crippen molar-refractivity contribution in [3.05, 3.63) is 56.7 Å².